The normalized spacial score (nSPS) is 16.6. The van der Waals surface area contributed by atoms with Crippen molar-refractivity contribution in [3.63, 3.8) is 0 Å². The van der Waals surface area contributed by atoms with Gasteiger partial charge < -0.3 is 14.6 Å². The van der Waals surface area contributed by atoms with Crippen molar-refractivity contribution in [1.82, 2.24) is 14.0 Å². The molecule has 1 unspecified atom stereocenters. The van der Waals surface area contributed by atoms with Gasteiger partial charge in [0.05, 0.1) is 13.2 Å². The van der Waals surface area contributed by atoms with Crippen LogP contribution in [0.25, 0.3) is 10.9 Å². The minimum atomic E-state index is -3.57. The number of ether oxygens (including phenoxy) is 1. The average Bonchev–Trinajstić information content (AvgIpc) is 3.19. The maximum Gasteiger partial charge on any atom is 0.279 e. The van der Waals surface area contributed by atoms with E-state index in [0.717, 1.165) is 27.7 Å². The molecule has 7 nitrogen and oxygen atoms in total. The smallest absolute Gasteiger partial charge is 0.279 e. The molecule has 3 aromatic rings. The van der Waals surface area contributed by atoms with Gasteiger partial charge in [-0.05, 0) is 29.3 Å². The fourth-order valence-electron chi connectivity index (χ4n) is 3.86. The average molecular weight is 429 g/mol. The molecule has 0 amide bonds. The molecule has 0 bridgehead atoms. The molecule has 0 radical (unpaired) electrons. The Hall–Kier alpha value is -2.39. The lowest BCUT2D eigenvalue weighted by molar-refractivity contribution is 0.0725. The van der Waals surface area contributed by atoms with Crippen molar-refractivity contribution >= 4 is 26.8 Å². The lowest BCUT2D eigenvalue weighted by Crippen LogP contribution is -2.47. The molecule has 160 valence electrons. The van der Waals surface area contributed by atoms with E-state index in [9.17, 15) is 8.42 Å². The lowest BCUT2D eigenvalue weighted by Gasteiger charge is -2.27. The molecule has 1 fully saturated rings. The van der Waals surface area contributed by atoms with E-state index >= 15 is 0 Å². The highest BCUT2D eigenvalue weighted by Crippen LogP contribution is 2.31. The van der Waals surface area contributed by atoms with Crippen LogP contribution < -0.4 is 9.62 Å². The molecule has 8 heteroatoms. The van der Waals surface area contributed by atoms with Gasteiger partial charge in [0.15, 0.2) is 0 Å². The van der Waals surface area contributed by atoms with Crippen molar-refractivity contribution in [1.29, 1.82) is 0 Å². The van der Waals surface area contributed by atoms with Crippen molar-refractivity contribution in [2.45, 2.75) is 5.92 Å². The van der Waals surface area contributed by atoms with Crippen LogP contribution in [0, 0.1) is 0 Å². The Labute approximate surface area is 177 Å². The first-order chi connectivity index (χ1) is 14.5. The highest BCUT2D eigenvalue weighted by atomic mass is 32.2. The van der Waals surface area contributed by atoms with E-state index in [2.05, 4.69) is 40.0 Å². The summed E-state index contributed by atoms with van der Waals surface area (Å²) in [5.74, 6) is -0.117. The number of fused-ring (bicyclic) bond motifs is 1. The summed E-state index contributed by atoms with van der Waals surface area (Å²) in [5, 5.41) is 1.10. The third-order valence-corrected chi connectivity index (χ3v) is 7.16. The minimum absolute atomic E-state index is 0.117. The summed E-state index contributed by atoms with van der Waals surface area (Å²) in [7, 11) is 0.438. The fourth-order valence-corrected chi connectivity index (χ4v) is 5.05. The van der Waals surface area contributed by atoms with E-state index in [4.69, 9.17) is 4.74 Å². The number of nitrogens with zero attached hydrogens (tertiary/aromatic N) is 2. The maximum absolute atomic E-state index is 12.8. The van der Waals surface area contributed by atoms with Crippen LogP contribution >= 0.6 is 0 Å². The Morgan fingerprint density at radius 1 is 1.10 bits per heavy atom. The number of aromatic nitrogens is 1. The van der Waals surface area contributed by atoms with Crippen molar-refractivity contribution in [2.75, 3.05) is 51.8 Å². The summed E-state index contributed by atoms with van der Waals surface area (Å²) in [4.78, 5) is 5.36. The van der Waals surface area contributed by atoms with Gasteiger partial charge in [-0.1, -0.05) is 30.3 Å². The second-order valence-electron chi connectivity index (χ2n) is 7.69. The Balaban J connectivity index is 1.65. The standard InChI is InChI=1S/C22H28N4O3S/c1-25(2)18-9-7-17(8-10-18)20(21-15-23-22-6-4-3-5-19(21)22)16-24-30(27,28)26-11-13-29-14-12-26/h3-10,15,20,23-24H,11-14,16H2,1-2H3. The first-order valence-electron chi connectivity index (χ1n) is 10.1. The number of hydrogen-bond donors (Lipinski definition) is 2. The van der Waals surface area contributed by atoms with E-state index in [1.165, 1.54) is 4.31 Å². The van der Waals surface area contributed by atoms with E-state index in [-0.39, 0.29) is 12.5 Å². The quantitative estimate of drug-likeness (QED) is 0.606. The summed E-state index contributed by atoms with van der Waals surface area (Å²) in [6.07, 6.45) is 1.98. The van der Waals surface area contributed by atoms with Gasteiger partial charge in [-0.15, -0.1) is 0 Å². The number of para-hydroxylation sites is 1. The van der Waals surface area contributed by atoms with Crippen LogP contribution in [0.5, 0.6) is 0 Å². The van der Waals surface area contributed by atoms with Gasteiger partial charge in [-0.25, -0.2) is 4.72 Å². The zero-order valence-electron chi connectivity index (χ0n) is 17.3. The molecule has 2 heterocycles. The predicted octanol–water partition coefficient (Wildman–Crippen LogP) is 2.53. The molecule has 4 rings (SSSR count). The van der Waals surface area contributed by atoms with Crippen molar-refractivity contribution < 1.29 is 13.2 Å². The number of benzene rings is 2. The van der Waals surface area contributed by atoms with Crippen LogP contribution in [-0.2, 0) is 14.9 Å². The highest BCUT2D eigenvalue weighted by molar-refractivity contribution is 7.87. The first kappa shape index (κ1) is 20.9. The zero-order chi connectivity index (χ0) is 21.1. The van der Waals surface area contributed by atoms with Gasteiger partial charge in [0.1, 0.15) is 0 Å². The van der Waals surface area contributed by atoms with Crippen LogP contribution in [0.4, 0.5) is 5.69 Å². The summed E-state index contributed by atoms with van der Waals surface area (Å²) in [6.45, 7) is 1.90. The molecule has 0 saturated carbocycles. The van der Waals surface area contributed by atoms with Gasteiger partial charge in [0.25, 0.3) is 10.2 Å². The summed E-state index contributed by atoms with van der Waals surface area (Å²) < 4.78 is 35.3. The Bertz CT molecular complexity index is 1090. The molecule has 2 aromatic carbocycles. The molecule has 1 atom stereocenters. The van der Waals surface area contributed by atoms with Crippen LogP contribution in [0.1, 0.15) is 17.0 Å². The fraction of sp³-hybridized carbons (Fsp3) is 0.364. The number of H-pyrrole nitrogens is 1. The number of anilines is 1. The molecule has 1 aromatic heterocycles. The number of rotatable bonds is 7. The monoisotopic (exact) mass is 428 g/mol. The molecule has 0 spiro atoms. The Morgan fingerprint density at radius 3 is 2.50 bits per heavy atom. The summed E-state index contributed by atoms with van der Waals surface area (Å²) in [6, 6.07) is 16.4. The molecular formula is C22H28N4O3S. The number of aromatic amines is 1. The molecule has 1 aliphatic rings. The van der Waals surface area contributed by atoms with Gasteiger partial charge in [0.2, 0.25) is 0 Å². The molecule has 0 aliphatic carbocycles. The number of hydrogen-bond acceptors (Lipinski definition) is 4. The Morgan fingerprint density at radius 2 is 1.80 bits per heavy atom. The van der Waals surface area contributed by atoms with Crippen LogP contribution in [0.3, 0.4) is 0 Å². The summed E-state index contributed by atoms with van der Waals surface area (Å²) in [5.41, 5.74) is 4.28. The molecule has 30 heavy (non-hydrogen) atoms. The molecular weight excluding hydrogens is 400 g/mol. The third-order valence-electron chi connectivity index (χ3n) is 5.59. The predicted molar refractivity (Wildman–Crippen MR) is 120 cm³/mol. The van der Waals surface area contributed by atoms with Gasteiger partial charge in [-0.2, -0.15) is 12.7 Å². The van der Waals surface area contributed by atoms with Crippen molar-refractivity contribution in [3.05, 3.63) is 65.9 Å². The molecule has 2 N–H and O–H groups in total. The van der Waals surface area contributed by atoms with Crippen LogP contribution in [-0.4, -0.2) is 64.7 Å². The van der Waals surface area contributed by atoms with E-state index < -0.39 is 10.2 Å². The van der Waals surface area contributed by atoms with E-state index in [0.29, 0.717) is 26.3 Å². The van der Waals surface area contributed by atoms with Crippen molar-refractivity contribution in [2.24, 2.45) is 0 Å². The molecule has 1 saturated heterocycles. The van der Waals surface area contributed by atoms with E-state index in [1.54, 1.807) is 0 Å². The highest BCUT2D eigenvalue weighted by Gasteiger charge is 2.26. The van der Waals surface area contributed by atoms with Gasteiger partial charge in [0, 0.05) is 62.4 Å². The van der Waals surface area contributed by atoms with Crippen LogP contribution in [0.2, 0.25) is 0 Å². The molecule has 1 aliphatic heterocycles. The second kappa shape index (κ2) is 8.77. The largest absolute Gasteiger partial charge is 0.379 e. The lowest BCUT2D eigenvalue weighted by atomic mass is 9.91. The van der Waals surface area contributed by atoms with E-state index in [1.807, 2.05) is 43.4 Å². The first-order valence-corrected chi connectivity index (χ1v) is 11.6. The summed E-state index contributed by atoms with van der Waals surface area (Å²) >= 11 is 0. The number of nitrogens with one attached hydrogen (secondary N) is 2. The minimum Gasteiger partial charge on any atom is -0.379 e. The Kier molecular flexibility index (Phi) is 6.10. The van der Waals surface area contributed by atoms with Crippen molar-refractivity contribution in [3.8, 4) is 0 Å². The van der Waals surface area contributed by atoms with Crippen LogP contribution in [0.15, 0.2) is 54.7 Å². The third kappa shape index (κ3) is 4.37. The van der Waals surface area contributed by atoms with Gasteiger partial charge in [-0.3, -0.25) is 0 Å². The zero-order valence-corrected chi connectivity index (χ0v) is 18.2. The SMILES string of the molecule is CN(C)c1ccc(C(CNS(=O)(=O)N2CCOCC2)c2c[nH]c3ccccc23)cc1. The topological polar surface area (TPSA) is 77.7 Å². The van der Waals surface area contributed by atoms with Gasteiger partial charge >= 0.3 is 0 Å². The second-order valence-corrected chi connectivity index (χ2v) is 9.45. The maximum atomic E-state index is 12.8. The number of morpholine rings is 1.